The van der Waals surface area contributed by atoms with Crippen LogP contribution in [0.5, 0.6) is 0 Å². The molecule has 0 amide bonds. The summed E-state index contributed by atoms with van der Waals surface area (Å²) in [6.07, 6.45) is 2.02. The summed E-state index contributed by atoms with van der Waals surface area (Å²) in [5.41, 5.74) is 7.08. The summed E-state index contributed by atoms with van der Waals surface area (Å²) in [6.45, 7) is 3.81. The van der Waals surface area contributed by atoms with Crippen molar-refractivity contribution in [2.75, 3.05) is 0 Å². The number of hydrazone groups is 1. The molecule has 0 bridgehead atoms. The first-order valence-corrected chi connectivity index (χ1v) is 6.89. The first kappa shape index (κ1) is 13.0. The first-order valence-electron chi connectivity index (χ1n) is 6.89. The largest absolute Gasteiger partial charge is 0.294 e. The van der Waals surface area contributed by atoms with Gasteiger partial charge in [-0.2, -0.15) is 5.10 Å². The molecule has 0 saturated heterocycles. The van der Waals surface area contributed by atoms with Crippen LogP contribution in [-0.4, -0.2) is 11.5 Å². The number of aryl methyl sites for hydroxylation is 1. The van der Waals surface area contributed by atoms with E-state index in [4.69, 9.17) is 0 Å². The Hall–Kier alpha value is -1.97. The van der Waals surface area contributed by atoms with E-state index >= 15 is 0 Å². The summed E-state index contributed by atoms with van der Waals surface area (Å²) in [5, 5.41) is 4.36. The Kier molecular flexibility index (Phi) is 3.16. The maximum atomic E-state index is 13.3. The van der Waals surface area contributed by atoms with Crippen molar-refractivity contribution in [2.24, 2.45) is 11.0 Å². The third-order valence-electron chi connectivity index (χ3n) is 3.95. The van der Waals surface area contributed by atoms with E-state index < -0.39 is 0 Å². The maximum absolute atomic E-state index is 13.3. The molecule has 20 heavy (non-hydrogen) atoms. The zero-order chi connectivity index (χ0) is 14.3. The molecule has 0 saturated carbocycles. The van der Waals surface area contributed by atoms with E-state index in [0.717, 1.165) is 29.0 Å². The van der Waals surface area contributed by atoms with Crippen LogP contribution in [0.4, 0.5) is 4.39 Å². The zero-order valence-corrected chi connectivity index (χ0v) is 11.7. The number of carbonyl (C=O) groups is 1. The van der Waals surface area contributed by atoms with Gasteiger partial charge in [0.25, 0.3) is 0 Å². The lowest BCUT2D eigenvalue weighted by molar-refractivity contribution is -0.117. The molecule has 4 heteroatoms. The summed E-state index contributed by atoms with van der Waals surface area (Å²) in [6, 6.07) is 4.93. The Labute approximate surface area is 117 Å². The van der Waals surface area contributed by atoms with Gasteiger partial charge in [-0.05, 0) is 42.5 Å². The molecule has 0 fully saturated rings. The predicted octanol–water partition coefficient (Wildman–Crippen LogP) is 3.08. The van der Waals surface area contributed by atoms with Crippen molar-refractivity contribution in [2.45, 2.75) is 33.1 Å². The van der Waals surface area contributed by atoms with E-state index in [2.05, 4.69) is 17.5 Å². The van der Waals surface area contributed by atoms with Gasteiger partial charge in [-0.3, -0.25) is 10.2 Å². The number of nitrogens with zero attached hydrogens (tertiary/aromatic N) is 1. The number of benzene rings is 1. The summed E-state index contributed by atoms with van der Waals surface area (Å²) < 4.78 is 13.3. The van der Waals surface area contributed by atoms with Crippen LogP contribution >= 0.6 is 0 Å². The third-order valence-corrected chi connectivity index (χ3v) is 3.95. The van der Waals surface area contributed by atoms with Crippen LogP contribution in [0.3, 0.4) is 0 Å². The van der Waals surface area contributed by atoms with Gasteiger partial charge in [0.15, 0.2) is 5.78 Å². The Morgan fingerprint density at radius 3 is 2.90 bits per heavy atom. The average molecular weight is 272 g/mol. The molecular weight excluding hydrogens is 255 g/mol. The van der Waals surface area contributed by atoms with Crippen LogP contribution in [0.1, 0.15) is 37.3 Å². The highest BCUT2D eigenvalue weighted by Gasteiger charge is 2.28. The predicted molar refractivity (Wildman–Crippen MR) is 75.9 cm³/mol. The number of rotatable bonds is 1. The van der Waals surface area contributed by atoms with Crippen LogP contribution in [0.25, 0.3) is 0 Å². The van der Waals surface area contributed by atoms with Gasteiger partial charge in [0.1, 0.15) is 5.82 Å². The fourth-order valence-electron chi connectivity index (χ4n) is 2.80. The van der Waals surface area contributed by atoms with E-state index in [0.29, 0.717) is 24.3 Å². The van der Waals surface area contributed by atoms with Gasteiger partial charge in [-0.25, -0.2) is 4.39 Å². The molecule has 0 aromatic heterocycles. The molecular formula is C16H17FN2O. The highest BCUT2D eigenvalue weighted by molar-refractivity contribution is 6.09. The number of halogens is 1. The second kappa shape index (κ2) is 4.85. The van der Waals surface area contributed by atoms with Gasteiger partial charge >= 0.3 is 0 Å². The minimum Gasteiger partial charge on any atom is -0.294 e. The van der Waals surface area contributed by atoms with Crippen LogP contribution < -0.4 is 5.43 Å². The van der Waals surface area contributed by atoms with Gasteiger partial charge in [0, 0.05) is 24.1 Å². The fraction of sp³-hybridized carbons (Fsp3) is 0.375. The van der Waals surface area contributed by atoms with E-state index in [1.54, 1.807) is 19.1 Å². The van der Waals surface area contributed by atoms with E-state index in [1.165, 1.54) is 6.07 Å². The molecule has 3 nitrogen and oxygen atoms in total. The molecule has 104 valence electrons. The molecule has 1 N–H and O–H groups in total. The van der Waals surface area contributed by atoms with Gasteiger partial charge < -0.3 is 0 Å². The van der Waals surface area contributed by atoms with Gasteiger partial charge in [-0.15, -0.1) is 0 Å². The van der Waals surface area contributed by atoms with E-state index in [1.807, 2.05) is 0 Å². The minimum absolute atomic E-state index is 0.206. The number of ketones is 1. The molecule has 0 spiro atoms. The second-order valence-corrected chi connectivity index (χ2v) is 5.70. The lowest BCUT2D eigenvalue weighted by Gasteiger charge is -2.27. The summed E-state index contributed by atoms with van der Waals surface area (Å²) >= 11 is 0. The molecule has 1 atom stereocenters. The van der Waals surface area contributed by atoms with Crippen molar-refractivity contribution < 1.29 is 9.18 Å². The first-order chi connectivity index (χ1) is 9.54. The van der Waals surface area contributed by atoms with E-state index in [-0.39, 0.29) is 11.6 Å². The Bertz CT molecular complexity index is 646. The average Bonchev–Trinajstić information content (AvgIpc) is 2.41. The molecule has 0 radical (unpaired) electrons. The van der Waals surface area contributed by atoms with Crippen molar-refractivity contribution >= 4 is 11.5 Å². The summed E-state index contributed by atoms with van der Waals surface area (Å²) in [7, 11) is 0. The van der Waals surface area contributed by atoms with Crippen molar-refractivity contribution in [3.8, 4) is 0 Å². The van der Waals surface area contributed by atoms with E-state index in [9.17, 15) is 9.18 Å². The highest BCUT2D eigenvalue weighted by atomic mass is 19.1. The Morgan fingerprint density at radius 2 is 2.15 bits per heavy atom. The molecule has 1 heterocycles. The van der Waals surface area contributed by atoms with Crippen LogP contribution in [-0.2, 0) is 4.79 Å². The molecule has 1 aliphatic heterocycles. The van der Waals surface area contributed by atoms with Crippen LogP contribution in [0, 0.1) is 18.7 Å². The molecule has 3 rings (SSSR count). The monoisotopic (exact) mass is 272 g/mol. The Morgan fingerprint density at radius 1 is 1.35 bits per heavy atom. The quantitative estimate of drug-likeness (QED) is 0.853. The number of hydrogen-bond donors (Lipinski definition) is 1. The Balaban J connectivity index is 1.88. The lowest BCUT2D eigenvalue weighted by Crippen LogP contribution is -2.29. The SMILES string of the molecule is Cc1cc(C2=NNC3=C(C2)C(=O)CC(C)C3)ccc1F. The van der Waals surface area contributed by atoms with Gasteiger partial charge in [-0.1, -0.05) is 13.0 Å². The molecule has 1 aromatic rings. The number of nitrogens with one attached hydrogen (secondary N) is 1. The number of Topliss-reactive ketones (excluding diaryl/α,β-unsaturated/α-hetero) is 1. The van der Waals surface area contributed by atoms with Crippen molar-refractivity contribution in [1.82, 2.24) is 5.43 Å². The molecule has 1 aliphatic carbocycles. The van der Waals surface area contributed by atoms with Gasteiger partial charge in [0.05, 0.1) is 5.71 Å². The number of carbonyl (C=O) groups excluding carboxylic acids is 1. The highest BCUT2D eigenvalue weighted by Crippen LogP contribution is 2.30. The number of hydrogen-bond acceptors (Lipinski definition) is 3. The van der Waals surface area contributed by atoms with Crippen molar-refractivity contribution in [3.05, 3.63) is 46.4 Å². The molecule has 2 aliphatic rings. The third kappa shape index (κ3) is 2.26. The number of allylic oxidation sites excluding steroid dienone is 2. The smallest absolute Gasteiger partial charge is 0.161 e. The topological polar surface area (TPSA) is 41.5 Å². The van der Waals surface area contributed by atoms with Crippen molar-refractivity contribution in [3.63, 3.8) is 0 Å². The maximum Gasteiger partial charge on any atom is 0.161 e. The lowest BCUT2D eigenvalue weighted by atomic mass is 9.84. The van der Waals surface area contributed by atoms with Crippen molar-refractivity contribution in [1.29, 1.82) is 0 Å². The summed E-state index contributed by atoms with van der Waals surface area (Å²) in [4.78, 5) is 12.1. The zero-order valence-electron chi connectivity index (χ0n) is 11.7. The molecule has 1 aromatic carbocycles. The second-order valence-electron chi connectivity index (χ2n) is 5.70. The normalized spacial score (nSPS) is 22.2. The van der Waals surface area contributed by atoms with Crippen LogP contribution in [0.15, 0.2) is 34.6 Å². The van der Waals surface area contributed by atoms with Gasteiger partial charge in [0.2, 0.25) is 0 Å². The summed E-state index contributed by atoms with van der Waals surface area (Å²) in [5.74, 6) is 0.358. The molecule has 1 unspecified atom stereocenters. The standard InChI is InChI=1S/C16H17FN2O/c1-9-5-15-12(16(20)6-9)8-14(18-19-15)11-3-4-13(17)10(2)7-11/h3-4,7,9,19H,5-6,8H2,1-2H3. The minimum atomic E-state index is -0.222. The fourth-order valence-corrected chi connectivity index (χ4v) is 2.80. The van der Waals surface area contributed by atoms with Crippen LogP contribution in [0.2, 0.25) is 0 Å².